The van der Waals surface area contributed by atoms with Crippen molar-refractivity contribution in [2.24, 2.45) is 0 Å². The Labute approximate surface area is 287 Å². The number of carbonyl (C=O) groups excluding carboxylic acids is 2. The Hall–Kier alpha value is -6.80. The quantitative estimate of drug-likeness (QED) is 0.158. The number of nitrogens with one attached hydrogen (secondary N) is 2. The topological polar surface area (TPSA) is 102 Å². The van der Waals surface area contributed by atoms with E-state index in [1.807, 2.05) is 146 Å². The van der Waals surface area contributed by atoms with Gasteiger partial charge in [0.25, 0.3) is 0 Å². The fraction of sp³-hybridized carbons (Fsp3) is 0.0476. The van der Waals surface area contributed by atoms with E-state index in [4.69, 9.17) is 19.4 Å². The van der Waals surface area contributed by atoms with Gasteiger partial charge in [-0.2, -0.15) is 0 Å². The second-order valence-electron chi connectivity index (χ2n) is 11.9. The number of ether oxygens (including phenoxy) is 2. The zero-order chi connectivity index (χ0) is 33.9. The minimum Gasteiger partial charge on any atom is -0.444 e. The molecule has 0 atom stereocenters. The number of carbonyl (C=O) groups is 2. The van der Waals surface area contributed by atoms with E-state index in [-0.39, 0.29) is 13.2 Å². The average molecular weight is 655 g/mol. The molecule has 2 heterocycles. The fourth-order valence-electron chi connectivity index (χ4n) is 6.22. The number of aromatic nitrogens is 2. The molecule has 2 N–H and O–H groups in total. The van der Waals surface area contributed by atoms with Crippen LogP contribution in [0.2, 0.25) is 0 Å². The number of rotatable bonds is 8. The molecule has 8 rings (SSSR count). The number of amides is 2. The third kappa shape index (κ3) is 6.25. The largest absolute Gasteiger partial charge is 0.444 e. The van der Waals surface area contributed by atoms with E-state index in [1.54, 1.807) is 0 Å². The lowest BCUT2D eigenvalue weighted by Crippen LogP contribution is -2.14. The van der Waals surface area contributed by atoms with Gasteiger partial charge in [0, 0.05) is 44.0 Å². The van der Waals surface area contributed by atoms with Crippen LogP contribution in [0.3, 0.4) is 0 Å². The van der Waals surface area contributed by atoms with Gasteiger partial charge in [0.2, 0.25) is 0 Å². The van der Waals surface area contributed by atoms with Gasteiger partial charge in [-0.1, -0.05) is 121 Å². The maximum atomic E-state index is 13.0. The van der Waals surface area contributed by atoms with Crippen LogP contribution in [0.1, 0.15) is 11.1 Å². The molecule has 0 aliphatic carbocycles. The number of hydrogen-bond donors (Lipinski definition) is 2. The van der Waals surface area contributed by atoms with Crippen molar-refractivity contribution in [3.8, 4) is 22.5 Å². The van der Waals surface area contributed by atoms with E-state index in [0.717, 1.165) is 43.8 Å². The van der Waals surface area contributed by atoms with E-state index in [2.05, 4.69) is 10.6 Å². The Bertz CT molecular complexity index is 2280. The summed E-state index contributed by atoms with van der Waals surface area (Å²) in [6.45, 7) is 0.287. The van der Waals surface area contributed by atoms with Gasteiger partial charge in [0.1, 0.15) is 13.2 Å². The maximum Gasteiger partial charge on any atom is 0.411 e. The van der Waals surface area contributed by atoms with Gasteiger partial charge in [0.05, 0.1) is 22.4 Å². The standard InChI is InChI=1S/C42H30N4O4/c47-41(49-25-27-13-5-1-6-14-27)43-31-21-33-37-35(23-31)45-40(30-19-11-4-12-20-30)34-22-32(44-42(48)50-26-28-15-7-2-8-16-28)24-36(38(34)37)46-39(33)29-17-9-3-10-18-29/h1-24H,25-26H2,(H,43,47)(H,44,48). The first kappa shape index (κ1) is 30.5. The predicted octanol–water partition coefficient (Wildman–Crippen LogP) is 10.2. The van der Waals surface area contributed by atoms with Crippen LogP contribution in [0.15, 0.2) is 146 Å². The summed E-state index contributed by atoms with van der Waals surface area (Å²) in [5.41, 5.74) is 7.41. The molecular formula is C42H30N4O4. The molecule has 0 aliphatic heterocycles. The summed E-state index contributed by atoms with van der Waals surface area (Å²) in [7, 11) is 0. The highest BCUT2D eigenvalue weighted by molar-refractivity contribution is 6.27. The van der Waals surface area contributed by atoms with Gasteiger partial charge in [-0.05, 0) is 35.4 Å². The number of anilines is 2. The molecule has 2 aromatic heterocycles. The van der Waals surface area contributed by atoms with Crippen LogP contribution in [0.4, 0.5) is 21.0 Å². The van der Waals surface area contributed by atoms with Crippen LogP contribution in [-0.4, -0.2) is 22.2 Å². The van der Waals surface area contributed by atoms with Crippen molar-refractivity contribution in [2.45, 2.75) is 13.2 Å². The van der Waals surface area contributed by atoms with Crippen molar-refractivity contribution in [2.75, 3.05) is 10.6 Å². The highest BCUT2D eigenvalue weighted by atomic mass is 16.6. The van der Waals surface area contributed by atoms with Crippen LogP contribution in [-0.2, 0) is 22.7 Å². The zero-order valence-corrected chi connectivity index (χ0v) is 26.8. The van der Waals surface area contributed by atoms with Crippen molar-refractivity contribution in [1.82, 2.24) is 9.97 Å². The lowest BCUT2D eigenvalue weighted by atomic mass is 9.93. The van der Waals surface area contributed by atoms with E-state index in [1.165, 1.54) is 0 Å². The Morgan fingerprint density at radius 2 is 0.840 bits per heavy atom. The van der Waals surface area contributed by atoms with Gasteiger partial charge < -0.3 is 9.47 Å². The van der Waals surface area contributed by atoms with Gasteiger partial charge in [-0.3, -0.25) is 10.6 Å². The van der Waals surface area contributed by atoms with E-state index < -0.39 is 12.2 Å². The molecular weight excluding hydrogens is 624 g/mol. The molecule has 0 bridgehead atoms. The highest BCUT2D eigenvalue weighted by Gasteiger charge is 2.22. The van der Waals surface area contributed by atoms with Gasteiger partial charge in [-0.15, -0.1) is 0 Å². The zero-order valence-electron chi connectivity index (χ0n) is 26.8. The molecule has 8 heteroatoms. The molecule has 50 heavy (non-hydrogen) atoms. The summed E-state index contributed by atoms with van der Waals surface area (Å²) in [5.74, 6) is 0. The van der Waals surface area contributed by atoms with Crippen molar-refractivity contribution >= 4 is 56.1 Å². The Morgan fingerprint density at radius 3 is 1.22 bits per heavy atom. The van der Waals surface area contributed by atoms with Crippen LogP contribution < -0.4 is 10.6 Å². The maximum absolute atomic E-state index is 13.0. The lowest BCUT2D eigenvalue weighted by molar-refractivity contribution is 0.154. The van der Waals surface area contributed by atoms with E-state index >= 15 is 0 Å². The van der Waals surface area contributed by atoms with Gasteiger partial charge in [-0.25, -0.2) is 19.6 Å². The third-order valence-electron chi connectivity index (χ3n) is 8.47. The third-order valence-corrected chi connectivity index (χ3v) is 8.47. The first-order valence-electron chi connectivity index (χ1n) is 16.2. The molecule has 242 valence electrons. The number of benzene rings is 6. The minimum absolute atomic E-state index is 0.143. The van der Waals surface area contributed by atoms with Crippen molar-refractivity contribution in [3.05, 3.63) is 157 Å². The smallest absolute Gasteiger partial charge is 0.411 e. The van der Waals surface area contributed by atoms with Crippen LogP contribution in [0.5, 0.6) is 0 Å². The second kappa shape index (κ2) is 13.4. The SMILES string of the molecule is O=C(Nc1cc2nc(-c3ccccc3)c3cc(NC(=O)OCc4ccccc4)cc4nc(-c5ccccc5)c(c1)c2c43)OCc1ccccc1. The molecule has 8 nitrogen and oxygen atoms in total. The van der Waals surface area contributed by atoms with Crippen LogP contribution >= 0.6 is 0 Å². The molecule has 8 aromatic rings. The minimum atomic E-state index is -0.575. The number of hydrogen-bond acceptors (Lipinski definition) is 6. The van der Waals surface area contributed by atoms with Crippen LogP contribution in [0, 0.1) is 0 Å². The van der Waals surface area contributed by atoms with Crippen molar-refractivity contribution < 1.29 is 19.1 Å². The lowest BCUT2D eigenvalue weighted by Gasteiger charge is -2.19. The highest BCUT2D eigenvalue weighted by Crippen LogP contribution is 2.43. The van der Waals surface area contributed by atoms with Crippen molar-refractivity contribution in [1.29, 1.82) is 0 Å². The van der Waals surface area contributed by atoms with E-state index in [0.29, 0.717) is 33.8 Å². The fourth-order valence-corrected chi connectivity index (χ4v) is 6.22. The Balaban J connectivity index is 1.26. The summed E-state index contributed by atoms with van der Waals surface area (Å²) in [6, 6.07) is 46.3. The Kier molecular flexibility index (Phi) is 8.16. The summed E-state index contributed by atoms with van der Waals surface area (Å²) in [5, 5.41) is 9.26. The molecule has 0 fully saturated rings. The molecule has 0 unspecified atom stereocenters. The monoisotopic (exact) mass is 654 g/mol. The first-order valence-corrected chi connectivity index (χ1v) is 16.2. The number of pyridine rings is 2. The average Bonchev–Trinajstić information content (AvgIpc) is 3.16. The molecule has 0 aliphatic rings. The molecule has 0 saturated heterocycles. The molecule has 2 amide bonds. The summed E-state index contributed by atoms with van der Waals surface area (Å²) in [6.07, 6.45) is -1.15. The molecule has 0 radical (unpaired) electrons. The van der Waals surface area contributed by atoms with Crippen LogP contribution in [0.25, 0.3) is 55.1 Å². The van der Waals surface area contributed by atoms with Gasteiger partial charge >= 0.3 is 12.2 Å². The van der Waals surface area contributed by atoms with E-state index in [9.17, 15) is 9.59 Å². The summed E-state index contributed by atoms with van der Waals surface area (Å²) < 4.78 is 11.1. The van der Waals surface area contributed by atoms with Crippen molar-refractivity contribution in [3.63, 3.8) is 0 Å². The molecule has 6 aromatic carbocycles. The summed E-state index contributed by atoms with van der Waals surface area (Å²) in [4.78, 5) is 36.4. The first-order chi connectivity index (χ1) is 24.6. The normalized spacial score (nSPS) is 11.1. The predicted molar refractivity (Wildman–Crippen MR) is 197 cm³/mol. The van der Waals surface area contributed by atoms with Gasteiger partial charge in [0.15, 0.2) is 0 Å². The number of nitrogens with zero attached hydrogens (tertiary/aromatic N) is 2. The molecule has 0 spiro atoms. The molecule has 0 saturated carbocycles. The Morgan fingerprint density at radius 1 is 0.480 bits per heavy atom. The summed E-state index contributed by atoms with van der Waals surface area (Å²) >= 11 is 0. The second-order valence-corrected chi connectivity index (χ2v) is 11.9.